The zero-order chi connectivity index (χ0) is 19.1. The Morgan fingerprint density at radius 3 is 2.35 bits per heavy atom. The molecule has 0 aliphatic rings. The molecule has 8 nitrogen and oxygen atoms in total. The summed E-state index contributed by atoms with van der Waals surface area (Å²) in [5.74, 6) is 0.327. The van der Waals surface area contributed by atoms with E-state index in [9.17, 15) is 20.2 Å². The molecule has 0 radical (unpaired) electrons. The summed E-state index contributed by atoms with van der Waals surface area (Å²) in [6.45, 7) is 0. The lowest BCUT2D eigenvalue weighted by molar-refractivity contribution is -0.384. The van der Waals surface area contributed by atoms with Gasteiger partial charge in [0.05, 0.1) is 19.1 Å². The van der Waals surface area contributed by atoms with E-state index >= 15 is 0 Å². The molecule has 0 heterocycles. The van der Waals surface area contributed by atoms with Crippen molar-refractivity contribution >= 4 is 23.4 Å². The first-order valence-electron chi connectivity index (χ1n) is 7.38. The van der Waals surface area contributed by atoms with Gasteiger partial charge in [-0.2, -0.15) is 5.26 Å². The number of carbonyl (C=O) groups excluding carboxylic acids is 1. The molecule has 0 aliphatic heterocycles. The van der Waals surface area contributed by atoms with E-state index in [0.717, 1.165) is 0 Å². The van der Waals surface area contributed by atoms with Gasteiger partial charge < -0.3 is 14.8 Å². The number of ether oxygens (including phenoxy) is 2. The highest BCUT2D eigenvalue weighted by atomic mass is 16.6. The molecule has 2 aromatic rings. The quantitative estimate of drug-likeness (QED) is 0.369. The van der Waals surface area contributed by atoms with Gasteiger partial charge in [0.1, 0.15) is 11.6 Å². The third kappa shape index (κ3) is 4.36. The van der Waals surface area contributed by atoms with Crippen LogP contribution in [-0.2, 0) is 4.79 Å². The fraction of sp³-hybridized carbons (Fsp3) is 0.111. The van der Waals surface area contributed by atoms with Crippen LogP contribution in [0.1, 0.15) is 5.56 Å². The lowest BCUT2D eigenvalue weighted by atomic mass is 10.1. The molecular formula is C18H15N3O5. The van der Waals surface area contributed by atoms with E-state index in [2.05, 4.69) is 5.32 Å². The number of rotatable bonds is 6. The Bertz CT molecular complexity index is 898. The third-order valence-electron chi connectivity index (χ3n) is 3.42. The van der Waals surface area contributed by atoms with Crippen LogP contribution in [0, 0.1) is 21.4 Å². The molecule has 2 rings (SSSR count). The van der Waals surface area contributed by atoms with Crippen LogP contribution in [0.3, 0.4) is 0 Å². The summed E-state index contributed by atoms with van der Waals surface area (Å²) in [7, 11) is 2.97. The highest BCUT2D eigenvalue weighted by Crippen LogP contribution is 2.29. The summed E-state index contributed by atoms with van der Waals surface area (Å²) >= 11 is 0. The van der Waals surface area contributed by atoms with Crippen LogP contribution >= 0.6 is 0 Å². The monoisotopic (exact) mass is 353 g/mol. The number of methoxy groups -OCH3 is 2. The first kappa shape index (κ1) is 18.5. The Balaban J connectivity index is 2.21. The molecule has 26 heavy (non-hydrogen) atoms. The maximum atomic E-state index is 12.3. The molecule has 0 aromatic heterocycles. The number of hydrogen-bond donors (Lipinski definition) is 1. The molecule has 1 N–H and O–H groups in total. The zero-order valence-electron chi connectivity index (χ0n) is 14.1. The summed E-state index contributed by atoms with van der Waals surface area (Å²) in [6, 6.07) is 12.1. The van der Waals surface area contributed by atoms with Crippen molar-refractivity contribution in [2.24, 2.45) is 0 Å². The SMILES string of the molecule is COc1ccc(NC(=O)/C(C#N)=C/c2ccc([N+](=O)[O-])cc2)cc1OC. The molecule has 1 amide bonds. The lowest BCUT2D eigenvalue weighted by Crippen LogP contribution is -2.13. The summed E-state index contributed by atoms with van der Waals surface area (Å²) in [5.41, 5.74) is 0.705. The van der Waals surface area contributed by atoms with Crippen molar-refractivity contribution < 1.29 is 19.2 Å². The Kier molecular flexibility index (Phi) is 5.90. The van der Waals surface area contributed by atoms with Crippen molar-refractivity contribution in [1.29, 1.82) is 5.26 Å². The first-order valence-corrected chi connectivity index (χ1v) is 7.38. The summed E-state index contributed by atoms with van der Waals surface area (Å²) in [5, 5.41) is 22.5. The normalized spacial score (nSPS) is 10.6. The molecule has 0 fully saturated rings. The van der Waals surface area contributed by atoms with E-state index in [-0.39, 0.29) is 11.3 Å². The Morgan fingerprint density at radius 2 is 1.81 bits per heavy atom. The highest BCUT2D eigenvalue weighted by Gasteiger charge is 2.12. The molecular weight excluding hydrogens is 338 g/mol. The number of nitrogens with one attached hydrogen (secondary N) is 1. The molecule has 0 spiro atoms. The van der Waals surface area contributed by atoms with Crippen LogP contribution in [0.5, 0.6) is 11.5 Å². The number of carbonyl (C=O) groups is 1. The topological polar surface area (TPSA) is 114 Å². The summed E-state index contributed by atoms with van der Waals surface area (Å²) < 4.78 is 10.3. The Labute approximate surface area is 149 Å². The molecule has 132 valence electrons. The fourth-order valence-corrected chi connectivity index (χ4v) is 2.12. The predicted octanol–water partition coefficient (Wildman–Crippen LogP) is 3.16. The first-order chi connectivity index (χ1) is 12.5. The van der Waals surface area contributed by atoms with Crippen molar-refractivity contribution in [3.8, 4) is 17.6 Å². The van der Waals surface area contributed by atoms with E-state index in [0.29, 0.717) is 22.7 Å². The molecule has 0 bridgehead atoms. The molecule has 0 saturated carbocycles. The van der Waals surface area contributed by atoms with E-state index in [4.69, 9.17) is 9.47 Å². The zero-order valence-corrected chi connectivity index (χ0v) is 14.1. The van der Waals surface area contributed by atoms with Crippen LogP contribution in [-0.4, -0.2) is 25.1 Å². The van der Waals surface area contributed by atoms with E-state index < -0.39 is 10.8 Å². The van der Waals surface area contributed by atoms with Gasteiger partial charge >= 0.3 is 0 Å². The number of nitro groups is 1. The minimum atomic E-state index is -0.613. The second-order valence-corrected chi connectivity index (χ2v) is 5.04. The molecule has 2 aromatic carbocycles. The van der Waals surface area contributed by atoms with Gasteiger partial charge in [0.15, 0.2) is 11.5 Å². The molecule has 0 atom stereocenters. The maximum Gasteiger partial charge on any atom is 0.269 e. The van der Waals surface area contributed by atoms with Gasteiger partial charge in [-0.25, -0.2) is 0 Å². The highest BCUT2D eigenvalue weighted by molar-refractivity contribution is 6.09. The Hall–Kier alpha value is -3.86. The van der Waals surface area contributed by atoms with Gasteiger partial charge in [-0.15, -0.1) is 0 Å². The van der Waals surface area contributed by atoms with Gasteiger partial charge in [0.25, 0.3) is 11.6 Å². The third-order valence-corrected chi connectivity index (χ3v) is 3.42. The van der Waals surface area contributed by atoms with E-state index in [1.165, 1.54) is 44.6 Å². The largest absolute Gasteiger partial charge is 0.493 e. The number of benzene rings is 2. The average Bonchev–Trinajstić information content (AvgIpc) is 2.66. The van der Waals surface area contributed by atoms with Crippen LogP contribution in [0.2, 0.25) is 0 Å². The Morgan fingerprint density at radius 1 is 1.15 bits per heavy atom. The second-order valence-electron chi connectivity index (χ2n) is 5.04. The summed E-state index contributed by atoms with van der Waals surface area (Å²) in [6.07, 6.45) is 1.35. The van der Waals surface area contributed by atoms with Crippen LogP contribution in [0.25, 0.3) is 6.08 Å². The van der Waals surface area contributed by atoms with Gasteiger partial charge in [0, 0.05) is 23.9 Å². The standard InChI is InChI=1S/C18H15N3O5/c1-25-16-8-5-14(10-17(16)26-2)20-18(22)13(11-19)9-12-3-6-15(7-4-12)21(23)24/h3-10H,1-2H3,(H,20,22)/b13-9+. The number of nitrogens with zero attached hydrogens (tertiary/aromatic N) is 2. The van der Waals surface area contributed by atoms with Gasteiger partial charge in [-0.05, 0) is 35.9 Å². The second kappa shape index (κ2) is 8.30. The number of anilines is 1. The molecule has 0 saturated heterocycles. The van der Waals surface area contributed by atoms with Crippen molar-refractivity contribution in [3.05, 3.63) is 63.7 Å². The lowest BCUT2D eigenvalue weighted by Gasteiger charge is -2.10. The summed E-state index contributed by atoms with van der Waals surface area (Å²) in [4.78, 5) is 22.4. The van der Waals surface area contributed by atoms with E-state index in [1.54, 1.807) is 18.2 Å². The maximum absolute atomic E-state index is 12.3. The molecule has 0 aliphatic carbocycles. The minimum absolute atomic E-state index is 0.0737. The number of amides is 1. The molecule has 8 heteroatoms. The van der Waals surface area contributed by atoms with Gasteiger partial charge in [-0.1, -0.05) is 0 Å². The van der Waals surface area contributed by atoms with Crippen LogP contribution < -0.4 is 14.8 Å². The van der Waals surface area contributed by atoms with Crippen molar-refractivity contribution in [2.75, 3.05) is 19.5 Å². The number of non-ortho nitro benzene ring substituents is 1. The van der Waals surface area contributed by atoms with Crippen molar-refractivity contribution in [2.45, 2.75) is 0 Å². The van der Waals surface area contributed by atoms with Gasteiger partial charge in [-0.3, -0.25) is 14.9 Å². The smallest absolute Gasteiger partial charge is 0.269 e. The van der Waals surface area contributed by atoms with Crippen molar-refractivity contribution in [3.63, 3.8) is 0 Å². The number of hydrogen-bond acceptors (Lipinski definition) is 6. The fourth-order valence-electron chi connectivity index (χ4n) is 2.12. The van der Waals surface area contributed by atoms with Crippen LogP contribution in [0.4, 0.5) is 11.4 Å². The van der Waals surface area contributed by atoms with Crippen LogP contribution in [0.15, 0.2) is 48.0 Å². The number of nitro benzene ring substituents is 1. The van der Waals surface area contributed by atoms with Gasteiger partial charge in [0.2, 0.25) is 0 Å². The minimum Gasteiger partial charge on any atom is -0.493 e. The average molecular weight is 353 g/mol. The molecule has 0 unspecified atom stereocenters. The van der Waals surface area contributed by atoms with E-state index in [1.807, 2.05) is 6.07 Å². The van der Waals surface area contributed by atoms with Crippen molar-refractivity contribution in [1.82, 2.24) is 0 Å². The number of nitriles is 1. The predicted molar refractivity (Wildman–Crippen MR) is 94.9 cm³/mol.